The Kier molecular flexibility index (Phi) is 7.98. The van der Waals surface area contributed by atoms with Gasteiger partial charge < -0.3 is 15.3 Å². The summed E-state index contributed by atoms with van der Waals surface area (Å²) in [4.78, 5) is 32.5. The van der Waals surface area contributed by atoms with Gasteiger partial charge in [0.15, 0.2) is 0 Å². The van der Waals surface area contributed by atoms with Gasteiger partial charge in [0.05, 0.1) is 17.6 Å². The zero-order valence-corrected chi connectivity index (χ0v) is 22.4. The van der Waals surface area contributed by atoms with Crippen LogP contribution in [0.4, 0.5) is 19.0 Å². The van der Waals surface area contributed by atoms with Crippen LogP contribution in [0.3, 0.4) is 0 Å². The number of anilines is 1. The number of carbonyl (C=O) groups is 2. The molecule has 6 nitrogen and oxygen atoms in total. The highest BCUT2D eigenvalue weighted by atomic mass is 35.5. The molecule has 1 amide bonds. The molecule has 1 saturated heterocycles. The number of benzene rings is 1. The van der Waals surface area contributed by atoms with Gasteiger partial charge in [0.2, 0.25) is 5.91 Å². The molecule has 1 aliphatic carbocycles. The number of hydrogen-bond acceptors (Lipinski definition) is 4. The summed E-state index contributed by atoms with van der Waals surface area (Å²) in [5.41, 5.74) is -0.905. The number of nitrogens with one attached hydrogen (secondary N) is 1. The van der Waals surface area contributed by atoms with Crippen LogP contribution >= 0.6 is 11.6 Å². The summed E-state index contributed by atoms with van der Waals surface area (Å²) in [6, 6.07) is 7.99. The smallest absolute Gasteiger partial charge is 0.416 e. The first kappa shape index (κ1) is 28.2. The Morgan fingerprint density at radius 2 is 1.68 bits per heavy atom. The summed E-state index contributed by atoms with van der Waals surface area (Å²) in [5.74, 6) is -2.44. The molecule has 4 unspecified atom stereocenters. The van der Waals surface area contributed by atoms with Gasteiger partial charge in [0.25, 0.3) is 0 Å². The van der Waals surface area contributed by atoms with Gasteiger partial charge in [0, 0.05) is 11.8 Å². The molecule has 1 aromatic heterocycles. The van der Waals surface area contributed by atoms with E-state index in [4.69, 9.17) is 11.6 Å². The summed E-state index contributed by atoms with van der Waals surface area (Å²) >= 11 is 5.97. The second kappa shape index (κ2) is 10.8. The van der Waals surface area contributed by atoms with Crippen LogP contribution in [0.2, 0.25) is 5.15 Å². The molecule has 4 rings (SSSR count). The van der Waals surface area contributed by atoms with E-state index in [1.54, 1.807) is 12.1 Å². The predicted molar refractivity (Wildman–Crippen MR) is 139 cm³/mol. The lowest BCUT2D eigenvalue weighted by atomic mass is 9.72. The molecule has 206 valence electrons. The van der Waals surface area contributed by atoms with E-state index in [-0.39, 0.29) is 22.8 Å². The molecular weight excluding hydrogens is 519 g/mol. The van der Waals surface area contributed by atoms with E-state index in [0.717, 1.165) is 31.4 Å². The normalized spacial score (nSPS) is 24.9. The highest BCUT2D eigenvalue weighted by Crippen LogP contribution is 2.50. The van der Waals surface area contributed by atoms with Crippen molar-refractivity contribution in [2.75, 3.05) is 5.32 Å². The first-order valence-corrected chi connectivity index (χ1v) is 13.3. The van der Waals surface area contributed by atoms with Crippen LogP contribution in [-0.2, 0) is 15.8 Å². The van der Waals surface area contributed by atoms with E-state index in [2.05, 4.69) is 10.3 Å². The lowest BCUT2D eigenvalue weighted by molar-refractivity contribution is -0.154. The Morgan fingerprint density at radius 1 is 1.05 bits per heavy atom. The molecular formula is C28H33ClF3N3O3. The molecule has 0 radical (unpaired) electrons. The van der Waals surface area contributed by atoms with E-state index in [9.17, 15) is 27.9 Å². The highest BCUT2D eigenvalue weighted by molar-refractivity contribution is 6.29. The molecule has 2 aromatic rings. The molecule has 1 aromatic carbocycles. The number of carboxylic acid groups (broad SMARTS) is 1. The molecule has 1 aliphatic heterocycles. The van der Waals surface area contributed by atoms with Crippen molar-refractivity contribution in [2.45, 2.75) is 77.2 Å². The van der Waals surface area contributed by atoms with E-state index >= 15 is 0 Å². The average Bonchev–Trinajstić information content (AvgIpc) is 3.19. The molecule has 0 spiro atoms. The zero-order valence-electron chi connectivity index (χ0n) is 21.6. The number of alkyl halides is 3. The van der Waals surface area contributed by atoms with Crippen LogP contribution in [0.5, 0.6) is 0 Å². The van der Waals surface area contributed by atoms with Crippen molar-refractivity contribution in [3.63, 3.8) is 0 Å². The van der Waals surface area contributed by atoms with Crippen LogP contribution in [0.15, 0.2) is 42.5 Å². The average molecular weight is 552 g/mol. The highest BCUT2D eigenvalue weighted by Gasteiger charge is 2.58. The van der Waals surface area contributed by atoms with Gasteiger partial charge in [-0.05, 0) is 36.0 Å². The third kappa shape index (κ3) is 5.77. The lowest BCUT2D eigenvalue weighted by Crippen LogP contribution is -2.49. The van der Waals surface area contributed by atoms with Crippen molar-refractivity contribution in [1.82, 2.24) is 9.88 Å². The van der Waals surface area contributed by atoms with Gasteiger partial charge in [-0.2, -0.15) is 13.2 Å². The largest absolute Gasteiger partial charge is 0.480 e. The van der Waals surface area contributed by atoms with Crippen molar-refractivity contribution in [3.05, 3.63) is 58.7 Å². The van der Waals surface area contributed by atoms with Crippen LogP contribution in [0.1, 0.15) is 70.0 Å². The number of amides is 1. The zero-order chi connectivity index (χ0) is 27.8. The van der Waals surface area contributed by atoms with Crippen molar-refractivity contribution in [3.8, 4) is 0 Å². The maximum atomic E-state index is 14.1. The fourth-order valence-electron chi connectivity index (χ4n) is 6.12. The first-order valence-electron chi connectivity index (χ1n) is 12.9. The molecule has 2 heterocycles. The number of halogens is 4. The second-order valence-electron chi connectivity index (χ2n) is 11.3. The molecule has 1 saturated carbocycles. The summed E-state index contributed by atoms with van der Waals surface area (Å²) < 4.78 is 40.7. The Morgan fingerprint density at radius 3 is 2.24 bits per heavy atom. The minimum absolute atomic E-state index is 0.124. The Balaban J connectivity index is 1.88. The van der Waals surface area contributed by atoms with Crippen molar-refractivity contribution in [2.24, 2.45) is 17.3 Å². The van der Waals surface area contributed by atoms with Crippen LogP contribution in [0.25, 0.3) is 0 Å². The van der Waals surface area contributed by atoms with Gasteiger partial charge >= 0.3 is 12.1 Å². The summed E-state index contributed by atoms with van der Waals surface area (Å²) in [5, 5.41) is 13.3. The van der Waals surface area contributed by atoms with Gasteiger partial charge in [-0.15, -0.1) is 0 Å². The number of nitrogens with zero attached hydrogens (tertiary/aromatic N) is 2. The number of likely N-dealkylation sites (tertiary alicyclic amines) is 1. The van der Waals surface area contributed by atoms with Gasteiger partial charge in [-0.3, -0.25) is 4.79 Å². The number of carboxylic acids is 1. The standard InChI is InChI=1S/C28H33ClF3N3O3/c1-27(2,3)21-22(34-20-15-18(28(30,31)32)14-19(29)33-20)23(16-10-6-4-7-11-16)35(24(21)26(37)38)25(36)17-12-8-5-9-13-17/h4,6-7,10-11,14-15,17,21-24H,5,8-9,12-13H2,1-3H3,(H,33,34)(H,37,38). The Hall–Kier alpha value is -2.81. The SMILES string of the molecule is CC(C)(C)C1C(Nc2cc(C(F)(F)F)cc(Cl)n2)C(c2ccccc2)N(C(=O)C2CCCCC2)C1C(=O)O. The minimum atomic E-state index is -4.65. The monoisotopic (exact) mass is 551 g/mol. The maximum Gasteiger partial charge on any atom is 0.416 e. The van der Waals surface area contributed by atoms with Crippen molar-refractivity contribution in [1.29, 1.82) is 0 Å². The Bertz CT molecular complexity index is 1160. The van der Waals surface area contributed by atoms with Gasteiger partial charge in [0.1, 0.15) is 17.0 Å². The van der Waals surface area contributed by atoms with Crippen LogP contribution in [0, 0.1) is 17.3 Å². The maximum absolute atomic E-state index is 14.1. The van der Waals surface area contributed by atoms with Crippen LogP contribution < -0.4 is 5.32 Å². The van der Waals surface area contributed by atoms with E-state index in [0.29, 0.717) is 18.4 Å². The summed E-state index contributed by atoms with van der Waals surface area (Å²) in [6.45, 7) is 5.64. The minimum Gasteiger partial charge on any atom is -0.480 e. The summed E-state index contributed by atoms with van der Waals surface area (Å²) in [7, 11) is 0. The van der Waals surface area contributed by atoms with Crippen molar-refractivity contribution >= 4 is 29.3 Å². The second-order valence-corrected chi connectivity index (χ2v) is 11.7. The lowest BCUT2D eigenvalue weighted by Gasteiger charge is -2.36. The molecule has 0 bridgehead atoms. The number of carbonyl (C=O) groups excluding carboxylic acids is 1. The number of hydrogen-bond donors (Lipinski definition) is 2. The van der Waals surface area contributed by atoms with Crippen molar-refractivity contribution < 1.29 is 27.9 Å². The van der Waals surface area contributed by atoms with E-state index in [1.165, 1.54) is 4.90 Å². The third-order valence-corrected chi connectivity index (χ3v) is 7.90. The molecule has 2 aliphatic rings. The Labute approximate surface area is 225 Å². The predicted octanol–water partition coefficient (Wildman–Crippen LogP) is 6.81. The fraction of sp³-hybridized carbons (Fsp3) is 0.536. The molecule has 38 heavy (non-hydrogen) atoms. The van der Waals surface area contributed by atoms with E-state index in [1.807, 2.05) is 39.0 Å². The first-order chi connectivity index (χ1) is 17.8. The van der Waals surface area contributed by atoms with E-state index < -0.39 is 47.2 Å². The number of aliphatic carboxylic acids is 1. The van der Waals surface area contributed by atoms with Gasteiger partial charge in [-0.25, -0.2) is 9.78 Å². The number of aromatic nitrogens is 1. The molecule has 4 atom stereocenters. The number of rotatable bonds is 5. The van der Waals surface area contributed by atoms with Gasteiger partial charge in [-0.1, -0.05) is 82.0 Å². The number of pyridine rings is 1. The summed E-state index contributed by atoms with van der Waals surface area (Å²) in [6.07, 6.45) is -0.443. The fourth-order valence-corrected chi connectivity index (χ4v) is 6.33. The van der Waals surface area contributed by atoms with Crippen LogP contribution in [-0.4, -0.2) is 39.0 Å². The molecule has 10 heteroatoms. The quantitative estimate of drug-likeness (QED) is 0.399. The topological polar surface area (TPSA) is 82.5 Å². The third-order valence-electron chi connectivity index (χ3n) is 7.71. The molecule has 2 N–H and O–H groups in total. The molecule has 2 fully saturated rings.